The maximum atomic E-state index is 4.52. The lowest BCUT2D eigenvalue weighted by atomic mass is 10.0. The summed E-state index contributed by atoms with van der Waals surface area (Å²) >= 11 is 1.75. The van der Waals surface area contributed by atoms with Crippen LogP contribution in [-0.2, 0) is 13.0 Å². The minimum atomic E-state index is 0. The van der Waals surface area contributed by atoms with Crippen LogP contribution in [0.1, 0.15) is 35.5 Å². The Labute approximate surface area is 190 Å². The van der Waals surface area contributed by atoms with E-state index in [9.17, 15) is 0 Å². The zero-order valence-corrected chi connectivity index (χ0v) is 20.0. The summed E-state index contributed by atoms with van der Waals surface area (Å²) in [5.74, 6) is 0.923. The first-order valence-electron chi connectivity index (χ1n) is 9.87. The molecular weight excluding hydrogens is 481 g/mol. The lowest BCUT2D eigenvalue weighted by Crippen LogP contribution is -2.48. The number of aromatic nitrogens is 1. The minimum Gasteiger partial charge on any atom is -0.356 e. The molecule has 7 heteroatoms. The molecule has 0 unspecified atom stereocenters. The van der Waals surface area contributed by atoms with Gasteiger partial charge < -0.3 is 10.6 Å². The van der Waals surface area contributed by atoms with E-state index < -0.39 is 0 Å². The molecule has 1 aromatic carbocycles. The maximum Gasteiger partial charge on any atom is 0.191 e. The Morgan fingerprint density at radius 3 is 2.64 bits per heavy atom. The fraction of sp³-hybridized carbons (Fsp3) is 0.524. The van der Waals surface area contributed by atoms with Gasteiger partial charge in [-0.1, -0.05) is 30.3 Å². The van der Waals surface area contributed by atoms with Crippen molar-refractivity contribution in [3.63, 3.8) is 0 Å². The summed E-state index contributed by atoms with van der Waals surface area (Å²) in [6.45, 7) is 6.29. The number of benzene rings is 1. The molecule has 0 atom stereocenters. The number of nitrogens with one attached hydrogen (secondary N) is 2. The van der Waals surface area contributed by atoms with Crippen LogP contribution < -0.4 is 10.6 Å². The van der Waals surface area contributed by atoms with Gasteiger partial charge in [0.15, 0.2) is 5.96 Å². The van der Waals surface area contributed by atoms with Gasteiger partial charge in [-0.15, -0.1) is 35.3 Å². The van der Waals surface area contributed by atoms with E-state index >= 15 is 0 Å². The molecule has 1 saturated heterocycles. The van der Waals surface area contributed by atoms with Gasteiger partial charge in [0.25, 0.3) is 0 Å². The van der Waals surface area contributed by atoms with Crippen LogP contribution in [0, 0.1) is 6.92 Å². The molecule has 28 heavy (non-hydrogen) atoms. The molecule has 154 valence electrons. The highest BCUT2D eigenvalue weighted by atomic mass is 127. The molecule has 2 N–H and O–H groups in total. The molecule has 2 aromatic rings. The highest BCUT2D eigenvalue weighted by Crippen LogP contribution is 2.14. The van der Waals surface area contributed by atoms with Crippen LogP contribution >= 0.6 is 35.3 Å². The first-order valence-corrected chi connectivity index (χ1v) is 10.8. The molecule has 0 amide bonds. The highest BCUT2D eigenvalue weighted by Gasteiger charge is 2.19. The van der Waals surface area contributed by atoms with Crippen molar-refractivity contribution in [3.05, 3.63) is 52.0 Å². The smallest absolute Gasteiger partial charge is 0.191 e. The third kappa shape index (κ3) is 7.67. The SMILES string of the molecule is CN=C(NCCCc1nc(C)cs1)NC1CCN(Cc2ccccc2)CC1.I. The Morgan fingerprint density at radius 2 is 2.00 bits per heavy atom. The van der Waals surface area contributed by atoms with Gasteiger partial charge in [0.1, 0.15) is 0 Å². The molecule has 5 nitrogen and oxygen atoms in total. The van der Waals surface area contributed by atoms with Crippen molar-refractivity contribution in [1.82, 2.24) is 20.5 Å². The maximum absolute atomic E-state index is 4.52. The van der Waals surface area contributed by atoms with E-state index in [2.05, 4.69) is 68.1 Å². The third-order valence-corrected chi connectivity index (χ3v) is 5.95. The topological polar surface area (TPSA) is 52.6 Å². The number of likely N-dealkylation sites (tertiary alicyclic amines) is 1. The fourth-order valence-corrected chi connectivity index (χ4v) is 4.25. The molecule has 1 aliphatic heterocycles. The van der Waals surface area contributed by atoms with E-state index in [0.29, 0.717) is 6.04 Å². The summed E-state index contributed by atoms with van der Waals surface area (Å²) in [4.78, 5) is 11.4. The third-order valence-electron chi connectivity index (χ3n) is 4.93. The average molecular weight is 513 g/mol. The average Bonchev–Trinajstić information content (AvgIpc) is 3.11. The number of hydrogen-bond donors (Lipinski definition) is 2. The van der Waals surface area contributed by atoms with Gasteiger partial charge in [0.2, 0.25) is 0 Å². The molecule has 1 fully saturated rings. The van der Waals surface area contributed by atoms with Crippen LogP contribution in [0.4, 0.5) is 0 Å². The van der Waals surface area contributed by atoms with Gasteiger partial charge in [0.05, 0.1) is 5.01 Å². The molecular formula is C21H32IN5S. The second kappa shape index (κ2) is 12.4. The standard InChI is InChI=1S/C21H31N5S.HI/c1-17-16-27-20(24-17)9-6-12-23-21(22-2)25-19-10-13-26(14-11-19)15-18-7-4-3-5-8-18;/h3-5,7-8,16,19H,6,9-15H2,1-2H3,(H2,22,23,25);1H. The first-order chi connectivity index (χ1) is 13.2. The number of hydrogen-bond acceptors (Lipinski definition) is 4. The summed E-state index contributed by atoms with van der Waals surface area (Å²) in [6.07, 6.45) is 4.42. The fourth-order valence-electron chi connectivity index (χ4n) is 3.43. The Hall–Kier alpha value is -1.19. The van der Waals surface area contributed by atoms with Crippen LogP contribution in [0.3, 0.4) is 0 Å². The highest BCUT2D eigenvalue weighted by molar-refractivity contribution is 14.0. The zero-order chi connectivity index (χ0) is 18.9. The van der Waals surface area contributed by atoms with Gasteiger partial charge in [0, 0.05) is 56.8 Å². The minimum absolute atomic E-state index is 0. The number of guanidine groups is 1. The Morgan fingerprint density at radius 1 is 1.25 bits per heavy atom. The second-order valence-electron chi connectivity index (χ2n) is 7.17. The lowest BCUT2D eigenvalue weighted by Gasteiger charge is -2.33. The van der Waals surface area contributed by atoms with Crippen LogP contribution in [0.5, 0.6) is 0 Å². The Bertz CT molecular complexity index is 711. The van der Waals surface area contributed by atoms with Crippen molar-refractivity contribution in [2.45, 2.75) is 45.2 Å². The zero-order valence-electron chi connectivity index (χ0n) is 16.9. The first kappa shape index (κ1) is 23.1. The molecule has 0 aliphatic carbocycles. The van der Waals surface area contributed by atoms with Gasteiger partial charge in [-0.05, 0) is 31.7 Å². The molecule has 2 heterocycles. The van der Waals surface area contributed by atoms with Crippen molar-refractivity contribution in [1.29, 1.82) is 0 Å². The van der Waals surface area contributed by atoms with Crippen LogP contribution in [0.15, 0.2) is 40.7 Å². The number of thiazole rings is 1. The van der Waals surface area contributed by atoms with Crippen molar-refractivity contribution < 1.29 is 0 Å². The van der Waals surface area contributed by atoms with Gasteiger partial charge in [-0.3, -0.25) is 9.89 Å². The number of aliphatic imine (C=N–C) groups is 1. The number of nitrogens with zero attached hydrogens (tertiary/aromatic N) is 3. The molecule has 0 radical (unpaired) electrons. The van der Waals surface area contributed by atoms with E-state index in [1.54, 1.807) is 11.3 Å². The van der Waals surface area contributed by atoms with Crippen molar-refractivity contribution in [2.75, 3.05) is 26.7 Å². The summed E-state index contributed by atoms with van der Waals surface area (Å²) in [5, 5.41) is 10.4. The van der Waals surface area contributed by atoms with E-state index in [1.807, 2.05) is 7.05 Å². The van der Waals surface area contributed by atoms with Gasteiger partial charge >= 0.3 is 0 Å². The largest absolute Gasteiger partial charge is 0.356 e. The summed E-state index contributed by atoms with van der Waals surface area (Å²) in [5.41, 5.74) is 2.52. The van der Waals surface area contributed by atoms with E-state index in [-0.39, 0.29) is 24.0 Å². The van der Waals surface area contributed by atoms with Crippen LogP contribution in [0.2, 0.25) is 0 Å². The number of halogens is 1. The molecule has 0 saturated carbocycles. The van der Waals surface area contributed by atoms with Crippen LogP contribution in [0.25, 0.3) is 0 Å². The number of piperidine rings is 1. The number of rotatable bonds is 7. The Kier molecular flexibility index (Phi) is 10.2. The molecule has 3 rings (SSSR count). The number of aryl methyl sites for hydroxylation is 2. The predicted molar refractivity (Wildman–Crippen MR) is 130 cm³/mol. The van der Waals surface area contributed by atoms with E-state index in [0.717, 1.165) is 63.5 Å². The predicted octanol–water partition coefficient (Wildman–Crippen LogP) is 3.83. The van der Waals surface area contributed by atoms with Crippen molar-refractivity contribution in [2.24, 2.45) is 4.99 Å². The monoisotopic (exact) mass is 513 g/mol. The van der Waals surface area contributed by atoms with Gasteiger partial charge in [-0.25, -0.2) is 4.98 Å². The van der Waals surface area contributed by atoms with Crippen molar-refractivity contribution >= 4 is 41.3 Å². The van der Waals surface area contributed by atoms with Gasteiger partial charge in [-0.2, -0.15) is 0 Å². The van der Waals surface area contributed by atoms with E-state index in [1.165, 1.54) is 10.6 Å². The molecule has 0 spiro atoms. The summed E-state index contributed by atoms with van der Waals surface area (Å²) in [6, 6.07) is 11.2. The van der Waals surface area contributed by atoms with Crippen molar-refractivity contribution in [3.8, 4) is 0 Å². The molecule has 1 aliphatic rings. The molecule has 1 aromatic heterocycles. The summed E-state index contributed by atoms with van der Waals surface area (Å²) < 4.78 is 0. The summed E-state index contributed by atoms with van der Waals surface area (Å²) in [7, 11) is 1.85. The normalized spacial score (nSPS) is 15.9. The van der Waals surface area contributed by atoms with Crippen LogP contribution in [-0.4, -0.2) is 48.6 Å². The second-order valence-corrected chi connectivity index (χ2v) is 8.11. The Balaban J connectivity index is 0.00000280. The lowest BCUT2D eigenvalue weighted by molar-refractivity contribution is 0.198. The quantitative estimate of drug-likeness (QED) is 0.256. The molecule has 0 bridgehead atoms. The van der Waals surface area contributed by atoms with E-state index in [4.69, 9.17) is 0 Å².